The van der Waals surface area contributed by atoms with Crippen molar-refractivity contribution in [3.8, 4) is 23.0 Å². The minimum atomic E-state index is 0.498. The molecule has 0 aromatic heterocycles. The molecule has 1 heterocycles. The molecule has 3 aromatic carbocycles. The first kappa shape index (κ1) is 19.6. The van der Waals surface area contributed by atoms with E-state index in [1.165, 1.54) is 30.2 Å². The van der Waals surface area contributed by atoms with Gasteiger partial charge in [-0.05, 0) is 77.2 Å². The van der Waals surface area contributed by atoms with E-state index in [4.69, 9.17) is 18.9 Å². The summed E-state index contributed by atoms with van der Waals surface area (Å²) in [5.41, 5.74) is 1.31. The summed E-state index contributed by atoms with van der Waals surface area (Å²) in [5, 5.41) is 8.24. The van der Waals surface area contributed by atoms with Gasteiger partial charge in [0.25, 0.3) is 0 Å². The Balaban J connectivity index is 1.97. The maximum atomic E-state index is 5.60. The Kier molecular flexibility index (Phi) is 5.67. The summed E-state index contributed by atoms with van der Waals surface area (Å²) in [6.07, 6.45) is 4.73. The first-order valence-electron chi connectivity index (χ1n) is 10.1. The number of benzene rings is 3. The Bertz CT molecular complexity index is 1020. The molecule has 0 bridgehead atoms. The number of methoxy groups -OCH3 is 4. The first-order valence-corrected chi connectivity index (χ1v) is 10.1. The third-order valence-electron chi connectivity index (χ3n) is 5.92. The third kappa shape index (κ3) is 3.67. The molecule has 1 N–H and O–H groups in total. The predicted octanol–water partition coefficient (Wildman–Crippen LogP) is 4.71. The van der Waals surface area contributed by atoms with Gasteiger partial charge in [-0.2, -0.15) is 0 Å². The molecule has 1 aliphatic heterocycles. The van der Waals surface area contributed by atoms with E-state index in [1.807, 2.05) is 6.07 Å². The highest BCUT2D eigenvalue weighted by atomic mass is 16.5. The summed E-state index contributed by atoms with van der Waals surface area (Å²) >= 11 is 0. The lowest BCUT2D eigenvalue weighted by atomic mass is 9.90. The van der Waals surface area contributed by atoms with Crippen LogP contribution in [0.2, 0.25) is 0 Å². The van der Waals surface area contributed by atoms with Gasteiger partial charge in [-0.1, -0.05) is 12.5 Å². The van der Waals surface area contributed by atoms with Crippen LogP contribution in [0.25, 0.3) is 21.5 Å². The van der Waals surface area contributed by atoms with E-state index in [1.54, 1.807) is 28.4 Å². The fraction of sp³-hybridized carbons (Fsp3) is 0.417. The fourth-order valence-electron chi connectivity index (χ4n) is 4.41. The predicted molar refractivity (Wildman–Crippen MR) is 117 cm³/mol. The molecule has 0 amide bonds. The van der Waals surface area contributed by atoms with Gasteiger partial charge in [0.1, 0.15) is 0 Å². The van der Waals surface area contributed by atoms with Crippen LogP contribution < -0.4 is 24.3 Å². The van der Waals surface area contributed by atoms with Gasteiger partial charge in [0.2, 0.25) is 0 Å². The van der Waals surface area contributed by atoms with Crippen LogP contribution in [-0.4, -0.2) is 41.0 Å². The quantitative estimate of drug-likeness (QED) is 0.613. The van der Waals surface area contributed by atoms with E-state index in [0.717, 1.165) is 52.1 Å². The average Bonchev–Trinajstić information content (AvgIpc) is 2.78. The molecule has 0 radical (unpaired) electrons. The molecule has 5 heteroatoms. The van der Waals surface area contributed by atoms with E-state index in [9.17, 15) is 0 Å². The molecule has 154 valence electrons. The maximum Gasteiger partial charge on any atom is 0.161 e. The van der Waals surface area contributed by atoms with Crippen LogP contribution >= 0.6 is 0 Å². The van der Waals surface area contributed by atoms with Crippen LogP contribution in [0.1, 0.15) is 24.8 Å². The molecular weight excluding hydrogens is 366 g/mol. The van der Waals surface area contributed by atoms with Gasteiger partial charge in [0, 0.05) is 6.04 Å². The fourth-order valence-corrected chi connectivity index (χ4v) is 4.41. The van der Waals surface area contributed by atoms with E-state index in [0.29, 0.717) is 6.04 Å². The van der Waals surface area contributed by atoms with Crippen molar-refractivity contribution in [3.05, 3.63) is 35.9 Å². The highest BCUT2D eigenvalue weighted by Gasteiger charge is 2.19. The van der Waals surface area contributed by atoms with Crippen molar-refractivity contribution in [2.24, 2.45) is 0 Å². The van der Waals surface area contributed by atoms with Crippen molar-refractivity contribution >= 4 is 21.5 Å². The molecule has 1 unspecified atom stereocenters. The third-order valence-corrected chi connectivity index (χ3v) is 5.92. The second kappa shape index (κ2) is 8.37. The zero-order valence-corrected chi connectivity index (χ0v) is 17.6. The minimum absolute atomic E-state index is 0.498. The largest absolute Gasteiger partial charge is 0.493 e. The standard InChI is InChI=1S/C24H29NO4/c1-26-21-11-16-9-15(10-17-7-5-6-8-25-17)18-12-23(28-3)24(29-4)14-20(18)19(16)13-22(21)27-2/h9,11-14,17,25H,5-8,10H2,1-4H3. The Morgan fingerprint density at radius 1 is 0.724 bits per heavy atom. The number of rotatable bonds is 6. The van der Waals surface area contributed by atoms with Gasteiger partial charge in [0.05, 0.1) is 28.4 Å². The number of ether oxygens (including phenoxy) is 4. The van der Waals surface area contributed by atoms with Crippen LogP contribution in [0.4, 0.5) is 0 Å². The Morgan fingerprint density at radius 2 is 1.31 bits per heavy atom. The molecule has 5 nitrogen and oxygen atoms in total. The van der Waals surface area contributed by atoms with Crippen molar-refractivity contribution < 1.29 is 18.9 Å². The van der Waals surface area contributed by atoms with Crippen molar-refractivity contribution in [3.63, 3.8) is 0 Å². The molecule has 0 aliphatic carbocycles. The van der Waals surface area contributed by atoms with Gasteiger partial charge in [0.15, 0.2) is 23.0 Å². The topological polar surface area (TPSA) is 49.0 Å². The van der Waals surface area contributed by atoms with E-state index in [-0.39, 0.29) is 0 Å². The second-order valence-electron chi connectivity index (χ2n) is 7.57. The molecule has 1 atom stereocenters. The van der Waals surface area contributed by atoms with Crippen LogP contribution in [0, 0.1) is 0 Å². The zero-order chi connectivity index (χ0) is 20.4. The summed E-state index contributed by atoms with van der Waals surface area (Å²) in [5.74, 6) is 2.93. The normalized spacial score (nSPS) is 16.8. The van der Waals surface area contributed by atoms with Crippen molar-refractivity contribution in [1.82, 2.24) is 5.32 Å². The highest BCUT2D eigenvalue weighted by Crippen LogP contribution is 2.41. The van der Waals surface area contributed by atoms with Crippen molar-refractivity contribution in [1.29, 1.82) is 0 Å². The molecule has 29 heavy (non-hydrogen) atoms. The van der Waals surface area contributed by atoms with Gasteiger partial charge < -0.3 is 24.3 Å². The lowest BCUT2D eigenvalue weighted by molar-refractivity contribution is 0.355. The monoisotopic (exact) mass is 395 g/mol. The summed E-state index contributed by atoms with van der Waals surface area (Å²) < 4.78 is 22.3. The maximum absolute atomic E-state index is 5.60. The van der Waals surface area contributed by atoms with E-state index in [2.05, 4.69) is 29.6 Å². The number of piperidine rings is 1. The molecule has 3 aromatic rings. The molecule has 1 saturated heterocycles. The summed E-state index contributed by atoms with van der Waals surface area (Å²) in [4.78, 5) is 0. The molecule has 1 aliphatic rings. The van der Waals surface area contributed by atoms with Crippen LogP contribution in [0.3, 0.4) is 0 Å². The Hall–Kier alpha value is -2.66. The molecule has 0 saturated carbocycles. The number of hydrogen-bond acceptors (Lipinski definition) is 5. The van der Waals surface area contributed by atoms with Crippen LogP contribution in [-0.2, 0) is 6.42 Å². The van der Waals surface area contributed by atoms with E-state index >= 15 is 0 Å². The zero-order valence-electron chi connectivity index (χ0n) is 17.6. The van der Waals surface area contributed by atoms with Crippen molar-refractivity contribution in [2.75, 3.05) is 35.0 Å². The average molecular weight is 395 g/mol. The first-order chi connectivity index (χ1) is 14.2. The second-order valence-corrected chi connectivity index (χ2v) is 7.57. The van der Waals surface area contributed by atoms with Gasteiger partial charge in [-0.15, -0.1) is 0 Å². The Labute approximate surface area is 171 Å². The summed E-state index contributed by atoms with van der Waals surface area (Å²) in [6.45, 7) is 1.10. The summed E-state index contributed by atoms with van der Waals surface area (Å²) in [7, 11) is 6.69. The minimum Gasteiger partial charge on any atom is -0.493 e. The molecule has 1 fully saturated rings. The van der Waals surface area contributed by atoms with Gasteiger partial charge in [-0.25, -0.2) is 0 Å². The van der Waals surface area contributed by atoms with Gasteiger partial charge in [-0.3, -0.25) is 0 Å². The lowest BCUT2D eigenvalue weighted by Crippen LogP contribution is -2.35. The Morgan fingerprint density at radius 3 is 1.90 bits per heavy atom. The van der Waals surface area contributed by atoms with Crippen molar-refractivity contribution in [2.45, 2.75) is 31.7 Å². The SMILES string of the molecule is COc1cc2cc(CC3CCCCN3)c3cc(OC)c(OC)cc3c2cc1OC. The summed E-state index contributed by atoms with van der Waals surface area (Å²) in [6, 6.07) is 11.1. The lowest BCUT2D eigenvalue weighted by Gasteiger charge is -2.25. The van der Waals surface area contributed by atoms with Crippen LogP contribution in [0.15, 0.2) is 30.3 Å². The molecule has 0 spiro atoms. The molecule has 4 rings (SSSR count). The van der Waals surface area contributed by atoms with Gasteiger partial charge >= 0.3 is 0 Å². The smallest absolute Gasteiger partial charge is 0.161 e. The van der Waals surface area contributed by atoms with E-state index < -0.39 is 0 Å². The van der Waals surface area contributed by atoms with Crippen LogP contribution in [0.5, 0.6) is 23.0 Å². The highest BCUT2D eigenvalue weighted by molar-refractivity contribution is 6.11. The molecular formula is C24H29NO4. The number of fused-ring (bicyclic) bond motifs is 3. The number of hydrogen-bond donors (Lipinski definition) is 1. The number of nitrogens with one attached hydrogen (secondary N) is 1.